The summed E-state index contributed by atoms with van der Waals surface area (Å²) in [6.45, 7) is 0. The van der Waals surface area contributed by atoms with Crippen molar-refractivity contribution in [3.63, 3.8) is 0 Å². The maximum absolute atomic E-state index is 11.9. The van der Waals surface area contributed by atoms with Gasteiger partial charge in [0.15, 0.2) is 12.2 Å². The van der Waals surface area contributed by atoms with Crippen LogP contribution in [0.25, 0.3) is 0 Å². The van der Waals surface area contributed by atoms with E-state index in [2.05, 4.69) is 4.99 Å². The average molecular weight is 256 g/mol. The van der Waals surface area contributed by atoms with Crippen molar-refractivity contribution in [2.75, 3.05) is 7.11 Å². The van der Waals surface area contributed by atoms with E-state index in [-0.39, 0.29) is 5.90 Å². The lowest BCUT2D eigenvalue weighted by Crippen LogP contribution is -2.58. The highest BCUT2D eigenvalue weighted by atomic mass is 16.5. The minimum atomic E-state index is -1.24. The van der Waals surface area contributed by atoms with Crippen molar-refractivity contribution < 1.29 is 14.9 Å². The average Bonchev–Trinajstić information content (AvgIpc) is 2.60. The fourth-order valence-electron chi connectivity index (χ4n) is 2.48. The Morgan fingerprint density at radius 3 is 2.39 bits per heavy atom. The largest absolute Gasteiger partial charge is 0.483 e. The molecule has 1 aromatic rings. The topological polar surface area (TPSA) is 111 Å². The van der Waals surface area contributed by atoms with Crippen LogP contribution < -0.4 is 11.4 Å². The standard InChI is InChI=1S/C9H12N4O5/c1-11-8(16)12-3-4(14)5(15)6(10-7(3)18-2)13(12)9(11)17/h3-6,14-15H,1-2H3. The lowest BCUT2D eigenvalue weighted by atomic mass is 9.97. The van der Waals surface area contributed by atoms with Crippen molar-refractivity contribution in [2.24, 2.45) is 12.0 Å². The highest BCUT2D eigenvalue weighted by Gasteiger charge is 2.51. The molecule has 98 valence electrons. The highest BCUT2D eigenvalue weighted by Crippen LogP contribution is 2.34. The molecule has 0 radical (unpaired) electrons. The summed E-state index contributed by atoms with van der Waals surface area (Å²) < 4.78 is 8.03. The van der Waals surface area contributed by atoms with Gasteiger partial charge in [-0.2, -0.15) is 0 Å². The van der Waals surface area contributed by atoms with Crippen LogP contribution in [0.3, 0.4) is 0 Å². The summed E-state index contributed by atoms with van der Waals surface area (Å²) in [7, 11) is 2.68. The monoisotopic (exact) mass is 256 g/mol. The number of aliphatic hydroxyl groups is 2. The minimum Gasteiger partial charge on any atom is -0.483 e. The van der Waals surface area contributed by atoms with Gasteiger partial charge in [0.2, 0.25) is 5.90 Å². The van der Waals surface area contributed by atoms with Crippen molar-refractivity contribution in [2.45, 2.75) is 24.4 Å². The zero-order valence-corrected chi connectivity index (χ0v) is 9.72. The number of aromatic nitrogens is 3. The summed E-state index contributed by atoms with van der Waals surface area (Å²) in [5.74, 6) is 0.130. The number of rotatable bonds is 0. The second-order valence-electron chi connectivity index (χ2n) is 4.32. The second kappa shape index (κ2) is 3.33. The molecule has 4 unspecified atom stereocenters. The Labute approximate surface area is 100 Å². The summed E-state index contributed by atoms with van der Waals surface area (Å²) in [4.78, 5) is 27.8. The molecule has 9 nitrogen and oxygen atoms in total. The zero-order valence-electron chi connectivity index (χ0n) is 9.72. The van der Waals surface area contributed by atoms with Crippen molar-refractivity contribution in [1.29, 1.82) is 0 Å². The van der Waals surface area contributed by atoms with Crippen LogP contribution in [0.4, 0.5) is 0 Å². The molecule has 0 amide bonds. The fourth-order valence-corrected chi connectivity index (χ4v) is 2.48. The Hall–Kier alpha value is -1.87. The Balaban J connectivity index is 2.36. The number of nitrogens with zero attached hydrogens (tertiary/aromatic N) is 4. The molecular formula is C9H12N4O5. The van der Waals surface area contributed by atoms with Crippen LogP contribution in [-0.4, -0.2) is 49.4 Å². The van der Waals surface area contributed by atoms with E-state index in [0.29, 0.717) is 0 Å². The van der Waals surface area contributed by atoms with E-state index in [0.717, 1.165) is 13.9 Å². The first kappa shape index (κ1) is 11.2. The predicted octanol–water partition coefficient (Wildman–Crippen LogP) is -2.82. The van der Waals surface area contributed by atoms with Crippen LogP contribution in [-0.2, 0) is 11.8 Å². The molecule has 2 N–H and O–H groups in total. The molecule has 0 spiro atoms. The van der Waals surface area contributed by atoms with Gasteiger partial charge in [0.1, 0.15) is 12.2 Å². The summed E-state index contributed by atoms with van der Waals surface area (Å²) in [6, 6.07) is -0.976. The lowest BCUT2D eigenvalue weighted by Gasteiger charge is -2.41. The predicted molar refractivity (Wildman–Crippen MR) is 58.5 cm³/mol. The molecular weight excluding hydrogens is 244 g/mol. The molecule has 4 atom stereocenters. The van der Waals surface area contributed by atoms with E-state index >= 15 is 0 Å². The molecule has 1 aromatic heterocycles. The van der Waals surface area contributed by atoms with Gasteiger partial charge in [0, 0.05) is 7.05 Å². The van der Waals surface area contributed by atoms with Gasteiger partial charge in [-0.05, 0) is 0 Å². The van der Waals surface area contributed by atoms with Gasteiger partial charge in [-0.3, -0.25) is 0 Å². The molecule has 0 aromatic carbocycles. The van der Waals surface area contributed by atoms with Crippen LogP contribution in [0, 0.1) is 0 Å². The van der Waals surface area contributed by atoms with Crippen LogP contribution >= 0.6 is 0 Å². The van der Waals surface area contributed by atoms with Gasteiger partial charge >= 0.3 is 11.4 Å². The van der Waals surface area contributed by atoms with Crippen LogP contribution in [0.1, 0.15) is 12.2 Å². The van der Waals surface area contributed by atoms with Crippen molar-refractivity contribution in [3.8, 4) is 0 Å². The third-order valence-corrected chi connectivity index (χ3v) is 3.41. The quantitative estimate of drug-likeness (QED) is 0.520. The van der Waals surface area contributed by atoms with Crippen LogP contribution in [0.2, 0.25) is 0 Å². The molecule has 3 aliphatic rings. The van der Waals surface area contributed by atoms with E-state index in [1.807, 2.05) is 0 Å². The maximum atomic E-state index is 11.9. The van der Waals surface area contributed by atoms with E-state index in [4.69, 9.17) is 4.74 Å². The van der Waals surface area contributed by atoms with Gasteiger partial charge in [-0.25, -0.2) is 28.5 Å². The van der Waals surface area contributed by atoms with E-state index in [1.165, 1.54) is 14.2 Å². The van der Waals surface area contributed by atoms with Crippen molar-refractivity contribution >= 4 is 5.90 Å². The van der Waals surface area contributed by atoms with Gasteiger partial charge < -0.3 is 14.9 Å². The lowest BCUT2D eigenvalue weighted by molar-refractivity contribution is -0.0768. The Morgan fingerprint density at radius 2 is 1.78 bits per heavy atom. The van der Waals surface area contributed by atoms with E-state index in [9.17, 15) is 19.8 Å². The number of ether oxygens (including phenoxy) is 1. The normalized spacial score (nSPS) is 33.2. The molecule has 3 aliphatic heterocycles. The van der Waals surface area contributed by atoms with E-state index in [1.54, 1.807) is 0 Å². The van der Waals surface area contributed by atoms with Gasteiger partial charge in [-0.15, -0.1) is 0 Å². The maximum Gasteiger partial charge on any atom is 0.349 e. The number of hydrogen-bond donors (Lipinski definition) is 2. The number of methoxy groups -OCH3 is 1. The summed E-state index contributed by atoms with van der Waals surface area (Å²) in [6.07, 6.45) is -3.52. The zero-order chi connectivity index (χ0) is 13.2. The Kier molecular flexibility index (Phi) is 2.08. The van der Waals surface area contributed by atoms with Crippen molar-refractivity contribution in [1.82, 2.24) is 13.9 Å². The summed E-state index contributed by atoms with van der Waals surface area (Å²) in [5.41, 5.74) is -1.16. The smallest absolute Gasteiger partial charge is 0.349 e. The molecule has 18 heavy (non-hydrogen) atoms. The molecule has 0 fully saturated rings. The minimum absolute atomic E-state index is 0.130. The SMILES string of the molecule is COC1=NC2C(O)C(O)C1n1c(=O)n(C)c(=O)n12. The third-order valence-electron chi connectivity index (χ3n) is 3.41. The molecule has 0 aliphatic carbocycles. The fraction of sp³-hybridized carbons (Fsp3) is 0.667. The first-order valence-corrected chi connectivity index (χ1v) is 5.37. The van der Waals surface area contributed by atoms with Gasteiger partial charge in [-0.1, -0.05) is 0 Å². The molecule has 0 saturated carbocycles. The van der Waals surface area contributed by atoms with Gasteiger partial charge in [0.05, 0.1) is 7.11 Å². The first-order valence-electron chi connectivity index (χ1n) is 5.37. The Bertz CT molecular complexity index is 653. The highest BCUT2D eigenvalue weighted by molar-refractivity contribution is 5.82. The number of aliphatic imine (C=N–C) groups is 1. The van der Waals surface area contributed by atoms with Crippen LogP contribution in [0.15, 0.2) is 14.6 Å². The van der Waals surface area contributed by atoms with E-state index < -0.39 is 35.8 Å². The molecule has 4 rings (SSSR count). The summed E-state index contributed by atoms with van der Waals surface area (Å²) >= 11 is 0. The van der Waals surface area contributed by atoms with Crippen molar-refractivity contribution in [3.05, 3.63) is 21.0 Å². The van der Waals surface area contributed by atoms with Crippen LogP contribution in [0.5, 0.6) is 0 Å². The second-order valence-corrected chi connectivity index (χ2v) is 4.32. The molecule has 4 heterocycles. The number of hydrogen-bond acceptors (Lipinski definition) is 6. The first-order chi connectivity index (χ1) is 8.49. The molecule has 0 saturated heterocycles. The molecule has 2 bridgehead atoms. The summed E-state index contributed by atoms with van der Waals surface area (Å²) in [5, 5.41) is 19.8. The molecule has 9 heteroatoms. The third kappa shape index (κ3) is 1.05. The Morgan fingerprint density at radius 1 is 1.17 bits per heavy atom. The number of aliphatic hydroxyl groups excluding tert-OH is 2. The number of fused-ring (bicyclic) bond motifs is 1. The van der Waals surface area contributed by atoms with Gasteiger partial charge in [0.25, 0.3) is 0 Å².